The van der Waals surface area contributed by atoms with Crippen molar-refractivity contribution in [1.82, 2.24) is 4.37 Å². The summed E-state index contributed by atoms with van der Waals surface area (Å²) in [5.41, 5.74) is 1.76. The SMILES string of the molecule is Cc1nsc(NCc2cccc(Cl)c2)c1C(=O)O. The summed E-state index contributed by atoms with van der Waals surface area (Å²) in [5.74, 6) is -0.963. The van der Waals surface area contributed by atoms with Crippen molar-refractivity contribution in [3.05, 3.63) is 46.1 Å². The van der Waals surface area contributed by atoms with Gasteiger partial charge in [0.05, 0.1) is 5.69 Å². The largest absolute Gasteiger partial charge is 0.478 e. The van der Waals surface area contributed by atoms with Crippen molar-refractivity contribution < 1.29 is 9.90 Å². The predicted octanol–water partition coefficient (Wildman–Crippen LogP) is 3.42. The van der Waals surface area contributed by atoms with E-state index < -0.39 is 5.97 Å². The van der Waals surface area contributed by atoms with Crippen LogP contribution < -0.4 is 5.32 Å². The molecule has 2 N–H and O–H groups in total. The van der Waals surface area contributed by atoms with Crippen molar-refractivity contribution in [3.8, 4) is 0 Å². The van der Waals surface area contributed by atoms with E-state index in [-0.39, 0.29) is 5.56 Å². The van der Waals surface area contributed by atoms with Gasteiger partial charge in [0.2, 0.25) is 0 Å². The molecule has 0 saturated heterocycles. The van der Waals surface area contributed by atoms with Gasteiger partial charge >= 0.3 is 5.97 Å². The number of aromatic carboxylic acids is 1. The van der Waals surface area contributed by atoms with E-state index in [1.807, 2.05) is 18.2 Å². The Hall–Kier alpha value is -1.59. The summed E-state index contributed by atoms with van der Waals surface area (Å²) in [4.78, 5) is 11.1. The standard InChI is InChI=1S/C12H11ClN2O2S/c1-7-10(12(16)17)11(18-15-7)14-6-8-3-2-4-9(13)5-8/h2-5,14H,6H2,1H3,(H,16,17). The molecule has 0 aliphatic heterocycles. The van der Waals surface area contributed by atoms with Crippen LogP contribution in [0.5, 0.6) is 0 Å². The van der Waals surface area contributed by atoms with Crippen LogP contribution in [0.1, 0.15) is 21.6 Å². The molecule has 2 rings (SSSR count). The van der Waals surface area contributed by atoms with Gasteiger partial charge in [-0.05, 0) is 36.2 Å². The van der Waals surface area contributed by atoms with E-state index in [1.165, 1.54) is 0 Å². The maximum Gasteiger partial charge on any atom is 0.340 e. The fraction of sp³-hybridized carbons (Fsp3) is 0.167. The molecule has 1 heterocycles. The number of carbonyl (C=O) groups is 1. The van der Waals surface area contributed by atoms with E-state index in [2.05, 4.69) is 9.69 Å². The third kappa shape index (κ3) is 2.80. The molecule has 0 saturated carbocycles. The number of carboxylic acids is 1. The zero-order valence-electron chi connectivity index (χ0n) is 9.61. The van der Waals surface area contributed by atoms with Crippen molar-refractivity contribution in [2.24, 2.45) is 0 Å². The van der Waals surface area contributed by atoms with Crippen LogP contribution in [0.15, 0.2) is 24.3 Å². The highest BCUT2D eigenvalue weighted by atomic mass is 35.5. The van der Waals surface area contributed by atoms with Gasteiger partial charge in [0.1, 0.15) is 10.6 Å². The average molecular weight is 283 g/mol. The summed E-state index contributed by atoms with van der Waals surface area (Å²) in [6.07, 6.45) is 0. The van der Waals surface area contributed by atoms with Crippen LogP contribution in [-0.2, 0) is 6.54 Å². The lowest BCUT2D eigenvalue weighted by molar-refractivity contribution is 0.0697. The molecule has 4 nitrogen and oxygen atoms in total. The van der Waals surface area contributed by atoms with Gasteiger partial charge in [0.15, 0.2) is 0 Å². The topological polar surface area (TPSA) is 62.2 Å². The number of hydrogen-bond donors (Lipinski definition) is 2. The van der Waals surface area contributed by atoms with Crippen molar-refractivity contribution >= 4 is 34.1 Å². The van der Waals surface area contributed by atoms with E-state index in [9.17, 15) is 4.79 Å². The molecule has 6 heteroatoms. The van der Waals surface area contributed by atoms with Crippen molar-refractivity contribution in [2.75, 3.05) is 5.32 Å². The lowest BCUT2D eigenvalue weighted by Crippen LogP contribution is -2.04. The number of benzene rings is 1. The monoisotopic (exact) mass is 282 g/mol. The van der Waals surface area contributed by atoms with E-state index in [0.29, 0.717) is 22.3 Å². The van der Waals surface area contributed by atoms with Crippen LogP contribution in [0, 0.1) is 6.92 Å². The molecule has 0 radical (unpaired) electrons. The second-order valence-electron chi connectivity index (χ2n) is 3.76. The molecular weight excluding hydrogens is 272 g/mol. The molecule has 0 aliphatic carbocycles. The summed E-state index contributed by atoms with van der Waals surface area (Å²) >= 11 is 7.03. The first-order valence-electron chi connectivity index (χ1n) is 5.26. The van der Waals surface area contributed by atoms with Crippen LogP contribution in [0.25, 0.3) is 0 Å². The lowest BCUT2D eigenvalue weighted by atomic mass is 10.2. The molecule has 0 atom stereocenters. The number of anilines is 1. The van der Waals surface area contributed by atoms with E-state index in [0.717, 1.165) is 17.1 Å². The lowest BCUT2D eigenvalue weighted by Gasteiger charge is -2.05. The van der Waals surface area contributed by atoms with Crippen molar-refractivity contribution in [2.45, 2.75) is 13.5 Å². The van der Waals surface area contributed by atoms with Crippen LogP contribution in [-0.4, -0.2) is 15.4 Å². The van der Waals surface area contributed by atoms with Crippen LogP contribution in [0.2, 0.25) is 5.02 Å². The van der Waals surface area contributed by atoms with E-state index in [4.69, 9.17) is 16.7 Å². The minimum atomic E-state index is -0.963. The fourth-order valence-corrected chi connectivity index (χ4v) is 2.57. The Kier molecular flexibility index (Phi) is 3.84. The molecule has 2 aromatic rings. The Morgan fingerprint density at radius 3 is 3.00 bits per heavy atom. The number of aromatic nitrogens is 1. The van der Waals surface area contributed by atoms with Gasteiger partial charge in [-0.1, -0.05) is 23.7 Å². The number of rotatable bonds is 4. The highest BCUT2D eigenvalue weighted by Gasteiger charge is 2.16. The first-order valence-corrected chi connectivity index (χ1v) is 6.41. The molecule has 94 valence electrons. The molecule has 1 aromatic carbocycles. The third-order valence-electron chi connectivity index (χ3n) is 2.42. The van der Waals surface area contributed by atoms with Gasteiger partial charge in [-0.25, -0.2) is 4.79 Å². The van der Waals surface area contributed by atoms with Crippen LogP contribution in [0.4, 0.5) is 5.00 Å². The normalized spacial score (nSPS) is 10.3. The molecule has 0 spiro atoms. The summed E-state index contributed by atoms with van der Waals surface area (Å²) in [6.45, 7) is 2.20. The van der Waals surface area contributed by atoms with E-state index in [1.54, 1.807) is 13.0 Å². The van der Waals surface area contributed by atoms with Gasteiger partial charge in [-0.3, -0.25) is 0 Å². The summed E-state index contributed by atoms with van der Waals surface area (Å²) in [6, 6.07) is 7.41. The first kappa shape index (κ1) is 12.9. The fourth-order valence-electron chi connectivity index (χ4n) is 1.57. The smallest absolute Gasteiger partial charge is 0.340 e. The van der Waals surface area contributed by atoms with Crippen LogP contribution >= 0.6 is 23.1 Å². The molecule has 0 amide bonds. The average Bonchev–Trinajstić information content (AvgIpc) is 2.68. The summed E-state index contributed by atoms with van der Waals surface area (Å²) in [7, 11) is 0. The van der Waals surface area contributed by atoms with Gasteiger partial charge in [0.25, 0.3) is 0 Å². The van der Waals surface area contributed by atoms with Crippen molar-refractivity contribution in [3.63, 3.8) is 0 Å². The Morgan fingerprint density at radius 1 is 1.56 bits per heavy atom. The van der Waals surface area contributed by atoms with E-state index >= 15 is 0 Å². The van der Waals surface area contributed by atoms with Crippen LogP contribution in [0.3, 0.4) is 0 Å². The quantitative estimate of drug-likeness (QED) is 0.902. The Morgan fingerprint density at radius 2 is 2.33 bits per heavy atom. The second-order valence-corrected chi connectivity index (χ2v) is 4.97. The van der Waals surface area contributed by atoms with Gasteiger partial charge in [0, 0.05) is 11.6 Å². The maximum atomic E-state index is 11.1. The zero-order chi connectivity index (χ0) is 13.1. The number of halogens is 1. The molecular formula is C12H11ClN2O2S. The maximum absolute atomic E-state index is 11.1. The van der Waals surface area contributed by atoms with Gasteiger partial charge in [-0.15, -0.1) is 0 Å². The molecule has 1 aromatic heterocycles. The first-order chi connectivity index (χ1) is 8.58. The van der Waals surface area contributed by atoms with Crippen molar-refractivity contribution in [1.29, 1.82) is 0 Å². The Balaban J connectivity index is 2.13. The number of nitrogens with one attached hydrogen (secondary N) is 1. The highest BCUT2D eigenvalue weighted by Crippen LogP contribution is 2.25. The molecule has 0 unspecified atom stereocenters. The minimum absolute atomic E-state index is 0.238. The minimum Gasteiger partial charge on any atom is -0.478 e. The number of aryl methyl sites for hydroxylation is 1. The number of hydrogen-bond acceptors (Lipinski definition) is 4. The summed E-state index contributed by atoms with van der Waals surface area (Å²) in [5, 5.41) is 13.4. The molecule has 18 heavy (non-hydrogen) atoms. The van der Waals surface area contributed by atoms with Gasteiger partial charge < -0.3 is 10.4 Å². The number of carboxylic acid groups (broad SMARTS) is 1. The molecule has 0 aliphatic rings. The Labute approximate surface area is 113 Å². The highest BCUT2D eigenvalue weighted by molar-refractivity contribution is 7.10. The number of nitrogens with zero attached hydrogens (tertiary/aromatic N) is 1. The summed E-state index contributed by atoms with van der Waals surface area (Å²) < 4.78 is 4.04. The Bertz CT molecular complexity index is 583. The molecule has 0 fully saturated rings. The van der Waals surface area contributed by atoms with Gasteiger partial charge in [-0.2, -0.15) is 4.37 Å². The second kappa shape index (κ2) is 5.37. The zero-order valence-corrected chi connectivity index (χ0v) is 11.2. The third-order valence-corrected chi connectivity index (χ3v) is 3.55. The predicted molar refractivity (Wildman–Crippen MR) is 72.6 cm³/mol. The molecule has 0 bridgehead atoms.